The highest BCUT2D eigenvalue weighted by Gasteiger charge is 2.31. The number of carbonyl (C=O) groups is 1. The molecule has 3 heterocycles. The van der Waals surface area contributed by atoms with E-state index in [0.717, 1.165) is 12.1 Å². The summed E-state index contributed by atoms with van der Waals surface area (Å²) in [6.07, 6.45) is 2.07. The van der Waals surface area contributed by atoms with E-state index in [9.17, 15) is 23.8 Å². The molecule has 3 aromatic rings. The molecule has 0 radical (unpaired) electrons. The van der Waals surface area contributed by atoms with Crippen LogP contribution in [0.1, 0.15) is 16.1 Å². The molecule has 2 aromatic heterocycles. The van der Waals surface area contributed by atoms with Gasteiger partial charge in [0.2, 0.25) is 0 Å². The molecule has 0 bridgehead atoms. The molecule has 34 heavy (non-hydrogen) atoms. The van der Waals surface area contributed by atoms with Crippen molar-refractivity contribution in [2.75, 3.05) is 11.1 Å². The lowest BCUT2D eigenvalue weighted by Crippen LogP contribution is -2.40. The Labute approximate surface area is 193 Å². The number of aromatic nitrogens is 2. The minimum Gasteiger partial charge on any atom is -0.483 e. The normalized spacial score (nSPS) is 19.6. The maximum atomic E-state index is 14.5. The molecule has 5 N–H and O–H groups in total. The average Bonchev–Trinajstić information content (AvgIpc) is 2.82. The Morgan fingerprint density at radius 2 is 1.94 bits per heavy atom. The molecule has 10 heteroatoms. The van der Waals surface area contributed by atoms with Crippen LogP contribution in [0.15, 0.2) is 67.5 Å². The summed E-state index contributed by atoms with van der Waals surface area (Å²) in [6.45, 7) is 3.58. The van der Waals surface area contributed by atoms with Crippen LogP contribution >= 0.6 is 0 Å². The van der Waals surface area contributed by atoms with Crippen molar-refractivity contribution in [1.29, 1.82) is 0 Å². The Morgan fingerprint density at radius 1 is 1.18 bits per heavy atom. The molecule has 0 unspecified atom stereocenters. The van der Waals surface area contributed by atoms with Gasteiger partial charge in [-0.15, -0.1) is 0 Å². The number of benzene rings is 1. The number of ether oxygens (including phenoxy) is 1. The molecule has 4 rings (SSSR count). The molecule has 0 saturated heterocycles. The summed E-state index contributed by atoms with van der Waals surface area (Å²) in [5.74, 6) is -2.22. The Bertz CT molecular complexity index is 1300. The number of aliphatic hydroxyl groups excluding tert-OH is 2. The summed E-state index contributed by atoms with van der Waals surface area (Å²) in [5.41, 5.74) is 5.27. The topological polar surface area (TPSA) is 131 Å². The van der Waals surface area contributed by atoms with Gasteiger partial charge in [-0.3, -0.25) is 9.78 Å². The molecular formula is C24H20F2N4O4. The highest BCUT2D eigenvalue weighted by atomic mass is 19.1. The maximum Gasteiger partial charge on any atom is 0.276 e. The third-order valence-electron chi connectivity index (χ3n) is 5.19. The average molecular weight is 466 g/mol. The Balaban J connectivity index is 1.69. The molecular weight excluding hydrogens is 446 g/mol. The minimum atomic E-state index is -1.23. The van der Waals surface area contributed by atoms with Gasteiger partial charge in [-0.2, -0.15) is 0 Å². The summed E-state index contributed by atoms with van der Waals surface area (Å²) in [4.78, 5) is 21.0. The van der Waals surface area contributed by atoms with Crippen LogP contribution in [-0.4, -0.2) is 44.4 Å². The molecule has 174 valence electrons. The number of amides is 1. The molecule has 1 aliphatic rings. The van der Waals surface area contributed by atoms with Gasteiger partial charge in [0.1, 0.15) is 35.6 Å². The standard InChI is InChI=1S/C24H20F2N4O4/c1-2-19-23(32)18(31)10-20(34-19)13-7-8-28-11-17(13)29-24(33)22-16(27)9-15(26)21(30-22)12-5-3-4-6-14(12)25/h2-11,18-19,23,31-32H,1,27H2,(H,29,33)/t18-,19-,23+/m1/s1. The van der Waals surface area contributed by atoms with Crippen molar-refractivity contribution >= 4 is 23.0 Å². The zero-order valence-corrected chi connectivity index (χ0v) is 17.7. The van der Waals surface area contributed by atoms with Crippen LogP contribution in [0.25, 0.3) is 17.0 Å². The van der Waals surface area contributed by atoms with Gasteiger partial charge in [0.05, 0.1) is 17.6 Å². The number of nitrogens with zero attached hydrogens (tertiary/aromatic N) is 2. The Morgan fingerprint density at radius 3 is 2.68 bits per heavy atom. The Kier molecular flexibility index (Phi) is 6.35. The zero-order chi connectivity index (χ0) is 24.4. The number of carbonyl (C=O) groups excluding carboxylic acids is 1. The van der Waals surface area contributed by atoms with E-state index in [1.54, 1.807) is 0 Å². The molecule has 1 amide bonds. The maximum absolute atomic E-state index is 14.5. The zero-order valence-electron chi connectivity index (χ0n) is 17.7. The number of halogens is 2. The lowest BCUT2D eigenvalue weighted by molar-refractivity contribution is -0.0339. The molecule has 3 atom stereocenters. The number of nitrogen functional groups attached to an aromatic ring is 1. The van der Waals surface area contributed by atoms with Crippen LogP contribution < -0.4 is 11.1 Å². The summed E-state index contributed by atoms with van der Waals surface area (Å²) >= 11 is 0. The second-order valence-corrected chi connectivity index (χ2v) is 7.44. The lowest BCUT2D eigenvalue weighted by atomic mass is 10.0. The highest BCUT2D eigenvalue weighted by Crippen LogP contribution is 2.32. The van der Waals surface area contributed by atoms with E-state index in [1.165, 1.54) is 48.8 Å². The van der Waals surface area contributed by atoms with Crippen molar-refractivity contribution < 1.29 is 28.5 Å². The number of hydrogen-bond acceptors (Lipinski definition) is 7. The second kappa shape index (κ2) is 9.38. The first kappa shape index (κ1) is 23.0. The summed E-state index contributed by atoms with van der Waals surface area (Å²) in [6, 6.07) is 7.86. The smallest absolute Gasteiger partial charge is 0.276 e. The second-order valence-electron chi connectivity index (χ2n) is 7.44. The third kappa shape index (κ3) is 4.36. The minimum absolute atomic E-state index is 0.125. The van der Waals surface area contributed by atoms with E-state index in [-0.39, 0.29) is 34.1 Å². The molecule has 0 fully saturated rings. The van der Waals surface area contributed by atoms with Crippen LogP contribution in [0, 0.1) is 11.6 Å². The predicted octanol–water partition coefficient (Wildman–Crippen LogP) is 2.90. The monoisotopic (exact) mass is 466 g/mol. The van der Waals surface area contributed by atoms with E-state index in [2.05, 4.69) is 21.9 Å². The van der Waals surface area contributed by atoms with Gasteiger partial charge < -0.3 is 26.0 Å². The molecule has 0 saturated carbocycles. The van der Waals surface area contributed by atoms with E-state index in [0.29, 0.717) is 5.56 Å². The summed E-state index contributed by atoms with van der Waals surface area (Å²) in [5, 5.41) is 22.7. The number of hydrogen-bond donors (Lipinski definition) is 4. The van der Waals surface area contributed by atoms with Crippen LogP contribution in [0.3, 0.4) is 0 Å². The number of nitrogens with one attached hydrogen (secondary N) is 1. The van der Waals surface area contributed by atoms with Crippen molar-refractivity contribution in [3.63, 3.8) is 0 Å². The summed E-state index contributed by atoms with van der Waals surface area (Å²) < 4.78 is 34.4. The highest BCUT2D eigenvalue weighted by molar-refractivity contribution is 6.07. The van der Waals surface area contributed by atoms with E-state index < -0.39 is 35.9 Å². The van der Waals surface area contributed by atoms with E-state index in [1.807, 2.05) is 0 Å². The van der Waals surface area contributed by atoms with Crippen LogP contribution in [0.5, 0.6) is 0 Å². The van der Waals surface area contributed by atoms with Crippen LogP contribution in [0.2, 0.25) is 0 Å². The van der Waals surface area contributed by atoms with Crippen LogP contribution in [-0.2, 0) is 4.74 Å². The first-order valence-corrected chi connectivity index (χ1v) is 10.1. The molecule has 0 aliphatic carbocycles. The number of nitrogens with two attached hydrogens (primary N) is 1. The predicted molar refractivity (Wildman–Crippen MR) is 121 cm³/mol. The molecule has 1 aliphatic heterocycles. The first-order valence-electron chi connectivity index (χ1n) is 10.1. The lowest BCUT2D eigenvalue weighted by Gasteiger charge is -2.30. The van der Waals surface area contributed by atoms with Gasteiger partial charge in [-0.1, -0.05) is 18.7 Å². The Hall–Kier alpha value is -4.15. The molecule has 8 nitrogen and oxygen atoms in total. The van der Waals surface area contributed by atoms with Crippen LogP contribution in [0.4, 0.5) is 20.2 Å². The van der Waals surface area contributed by atoms with Gasteiger partial charge in [0, 0.05) is 23.4 Å². The number of anilines is 2. The van der Waals surface area contributed by atoms with E-state index >= 15 is 0 Å². The van der Waals surface area contributed by atoms with Gasteiger partial charge in [-0.25, -0.2) is 13.8 Å². The van der Waals surface area contributed by atoms with Gasteiger partial charge in [0.15, 0.2) is 11.5 Å². The van der Waals surface area contributed by atoms with Crippen molar-refractivity contribution in [3.8, 4) is 11.3 Å². The van der Waals surface area contributed by atoms with Crippen molar-refractivity contribution in [3.05, 3.63) is 90.4 Å². The molecule has 0 spiro atoms. The largest absolute Gasteiger partial charge is 0.483 e. The van der Waals surface area contributed by atoms with Gasteiger partial charge in [-0.05, 0) is 30.4 Å². The third-order valence-corrected chi connectivity index (χ3v) is 5.19. The van der Waals surface area contributed by atoms with E-state index in [4.69, 9.17) is 10.5 Å². The van der Waals surface area contributed by atoms with Crippen molar-refractivity contribution in [2.45, 2.75) is 18.3 Å². The fraction of sp³-hybridized carbons (Fsp3) is 0.125. The fourth-order valence-corrected chi connectivity index (χ4v) is 3.46. The van der Waals surface area contributed by atoms with Gasteiger partial charge in [0.25, 0.3) is 5.91 Å². The SMILES string of the molecule is C=C[C@H]1OC(c2ccncc2NC(=O)c2nc(-c3ccccc3F)c(F)cc2N)=C[C@@H](O)[C@@H]1O. The van der Waals surface area contributed by atoms with Crippen molar-refractivity contribution in [1.82, 2.24) is 9.97 Å². The quantitative estimate of drug-likeness (QED) is 0.425. The first-order chi connectivity index (χ1) is 16.3. The fourth-order valence-electron chi connectivity index (χ4n) is 3.46. The van der Waals surface area contributed by atoms with Gasteiger partial charge >= 0.3 is 0 Å². The number of pyridine rings is 2. The molecule has 1 aromatic carbocycles. The number of aliphatic hydroxyl groups is 2. The van der Waals surface area contributed by atoms with Crippen molar-refractivity contribution in [2.24, 2.45) is 0 Å². The number of rotatable bonds is 5. The summed E-state index contributed by atoms with van der Waals surface area (Å²) in [7, 11) is 0.